The summed E-state index contributed by atoms with van der Waals surface area (Å²) < 4.78 is 5.67. The lowest BCUT2D eigenvalue weighted by Gasteiger charge is -2.22. The van der Waals surface area contributed by atoms with Gasteiger partial charge in [-0.15, -0.1) is 0 Å². The Hall–Kier alpha value is -4.36. The topological polar surface area (TPSA) is 92.8 Å². The van der Waals surface area contributed by atoms with Crippen molar-refractivity contribution in [3.8, 4) is 33.8 Å². The lowest BCUT2D eigenvalue weighted by atomic mass is 10.0. The molecule has 1 aliphatic rings. The van der Waals surface area contributed by atoms with E-state index in [-0.39, 0.29) is 12.1 Å². The molecule has 37 heavy (non-hydrogen) atoms. The number of fused-ring (bicyclic) bond motifs is 1. The summed E-state index contributed by atoms with van der Waals surface area (Å²) in [4.78, 5) is 29.7. The van der Waals surface area contributed by atoms with E-state index >= 15 is 0 Å². The van der Waals surface area contributed by atoms with Crippen molar-refractivity contribution >= 4 is 16.9 Å². The number of esters is 1. The summed E-state index contributed by atoms with van der Waals surface area (Å²) >= 11 is 0. The Kier molecular flexibility index (Phi) is 6.20. The van der Waals surface area contributed by atoms with Gasteiger partial charge in [-0.25, -0.2) is 9.78 Å². The van der Waals surface area contributed by atoms with Crippen molar-refractivity contribution in [3.05, 3.63) is 90.5 Å². The first-order valence-corrected chi connectivity index (χ1v) is 12.5. The maximum Gasteiger partial charge on any atom is 0.338 e. The molecule has 184 valence electrons. The van der Waals surface area contributed by atoms with Crippen LogP contribution < -0.4 is 5.32 Å². The monoisotopic (exact) mass is 489 g/mol. The third kappa shape index (κ3) is 4.86. The molecule has 7 heteroatoms. The molecule has 3 aromatic heterocycles. The van der Waals surface area contributed by atoms with E-state index in [2.05, 4.69) is 37.4 Å². The summed E-state index contributed by atoms with van der Waals surface area (Å²) in [7, 11) is 0. The van der Waals surface area contributed by atoms with Crippen LogP contribution in [0.5, 0.6) is 0 Å². The van der Waals surface area contributed by atoms with Gasteiger partial charge in [-0.2, -0.15) is 0 Å². The Balaban J connectivity index is 1.27. The summed E-state index contributed by atoms with van der Waals surface area (Å²) in [5, 5.41) is 4.29. The number of pyridine rings is 2. The maximum atomic E-state index is 12.6. The molecule has 0 aliphatic carbocycles. The summed E-state index contributed by atoms with van der Waals surface area (Å²) in [6.07, 6.45) is 5.27. The van der Waals surface area contributed by atoms with Crippen LogP contribution in [0.1, 0.15) is 28.9 Å². The molecule has 0 radical (unpaired) electrons. The lowest BCUT2D eigenvalue weighted by molar-refractivity contribution is 0.0229. The van der Waals surface area contributed by atoms with Crippen LogP contribution >= 0.6 is 0 Å². The highest BCUT2D eigenvalue weighted by molar-refractivity contribution is 5.91. The lowest BCUT2D eigenvalue weighted by Crippen LogP contribution is -2.33. The van der Waals surface area contributed by atoms with Crippen LogP contribution in [0.15, 0.2) is 79.3 Å². The number of ether oxygens (including phenoxy) is 1. The van der Waals surface area contributed by atoms with Gasteiger partial charge >= 0.3 is 5.97 Å². The van der Waals surface area contributed by atoms with Gasteiger partial charge in [-0.1, -0.05) is 24.3 Å². The molecular weight excluding hydrogens is 462 g/mol. The summed E-state index contributed by atoms with van der Waals surface area (Å²) in [5.41, 5.74) is 7.97. The number of hydrogen-bond donors (Lipinski definition) is 2. The number of carbonyl (C=O) groups is 1. The Bertz CT molecular complexity index is 1570. The molecule has 7 nitrogen and oxygen atoms in total. The molecule has 6 rings (SSSR count). The fraction of sp³-hybridized carbons (Fsp3) is 0.200. The number of aryl methyl sites for hydroxylation is 1. The van der Waals surface area contributed by atoms with Gasteiger partial charge in [-0.05, 0) is 80.9 Å². The molecule has 4 heterocycles. The van der Waals surface area contributed by atoms with Gasteiger partial charge in [0.15, 0.2) is 0 Å². The van der Waals surface area contributed by atoms with Gasteiger partial charge in [0.2, 0.25) is 0 Å². The largest absolute Gasteiger partial charge is 0.459 e. The number of piperidine rings is 1. The molecule has 0 bridgehead atoms. The molecule has 0 spiro atoms. The minimum Gasteiger partial charge on any atom is -0.459 e. The van der Waals surface area contributed by atoms with Crippen LogP contribution in [0.25, 0.3) is 44.7 Å². The van der Waals surface area contributed by atoms with Gasteiger partial charge in [0, 0.05) is 28.4 Å². The minimum absolute atomic E-state index is 0.0101. The average molecular weight is 490 g/mol. The standard InChI is InChI=1S/C30H27N5O2/c1-19-3-2-4-27(35-19)29-28(33-18-34-29)22-9-10-26-23(15-22)16-24(17-32-26)20-5-7-21(8-6-20)30(36)37-25-11-13-31-14-12-25/h2-10,15-18,25,31H,11-14H2,1H3,(H,33,34). The highest BCUT2D eigenvalue weighted by Crippen LogP contribution is 2.31. The second-order valence-electron chi connectivity index (χ2n) is 9.35. The van der Waals surface area contributed by atoms with E-state index in [0.717, 1.165) is 76.3 Å². The molecule has 0 unspecified atom stereocenters. The van der Waals surface area contributed by atoms with Crippen molar-refractivity contribution in [1.29, 1.82) is 0 Å². The SMILES string of the molecule is Cc1cccc(-c2[nH]cnc2-c2ccc3ncc(-c4ccc(C(=O)OC5CCNCC5)cc4)cc3c2)n1. The normalized spacial score (nSPS) is 14.1. The first-order valence-electron chi connectivity index (χ1n) is 12.5. The van der Waals surface area contributed by atoms with Gasteiger partial charge < -0.3 is 15.0 Å². The maximum absolute atomic E-state index is 12.6. The predicted molar refractivity (Wildman–Crippen MR) is 144 cm³/mol. The molecule has 0 amide bonds. The molecule has 2 aromatic carbocycles. The van der Waals surface area contributed by atoms with Gasteiger partial charge in [0.25, 0.3) is 0 Å². The summed E-state index contributed by atoms with van der Waals surface area (Å²) in [6, 6.07) is 21.8. The zero-order valence-corrected chi connectivity index (χ0v) is 20.6. The quantitative estimate of drug-likeness (QED) is 0.314. The van der Waals surface area contributed by atoms with Crippen LogP contribution in [0, 0.1) is 6.92 Å². The number of carbonyl (C=O) groups excluding carboxylic acids is 1. The fourth-order valence-electron chi connectivity index (χ4n) is 4.76. The van der Waals surface area contributed by atoms with Crippen molar-refractivity contribution < 1.29 is 9.53 Å². The Morgan fingerprint density at radius 1 is 0.919 bits per heavy atom. The van der Waals surface area contributed by atoms with Crippen LogP contribution in [0.4, 0.5) is 0 Å². The zero-order chi connectivity index (χ0) is 25.2. The van der Waals surface area contributed by atoms with E-state index < -0.39 is 0 Å². The number of aromatic nitrogens is 4. The molecule has 1 fully saturated rings. The molecule has 1 aliphatic heterocycles. The van der Waals surface area contributed by atoms with Crippen molar-refractivity contribution in [1.82, 2.24) is 25.3 Å². The van der Waals surface area contributed by atoms with Gasteiger partial charge in [0.05, 0.1) is 34.5 Å². The Morgan fingerprint density at radius 3 is 2.51 bits per heavy atom. The van der Waals surface area contributed by atoms with Crippen LogP contribution in [-0.4, -0.2) is 45.1 Å². The average Bonchev–Trinajstić information content (AvgIpc) is 3.43. The highest BCUT2D eigenvalue weighted by atomic mass is 16.5. The number of imidazole rings is 1. The second kappa shape index (κ2) is 9.95. The minimum atomic E-state index is -0.266. The van der Waals surface area contributed by atoms with Crippen LogP contribution in [-0.2, 0) is 4.74 Å². The molecular formula is C30H27N5O2. The number of nitrogens with zero attached hydrogens (tertiary/aromatic N) is 3. The van der Waals surface area contributed by atoms with E-state index in [1.807, 2.05) is 67.7 Å². The number of benzene rings is 2. The molecule has 0 atom stereocenters. The number of rotatable bonds is 5. The number of nitrogens with one attached hydrogen (secondary N) is 2. The van der Waals surface area contributed by atoms with E-state index in [9.17, 15) is 4.79 Å². The van der Waals surface area contributed by atoms with E-state index in [1.54, 1.807) is 6.33 Å². The van der Waals surface area contributed by atoms with Crippen LogP contribution in [0.2, 0.25) is 0 Å². The van der Waals surface area contributed by atoms with E-state index in [0.29, 0.717) is 5.56 Å². The second-order valence-corrected chi connectivity index (χ2v) is 9.35. The van der Waals surface area contributed by atoms with Crippen molar-refractivity contribution in [2.24, 2.45) is 0 Å². The fourth-order valence-corrected chi connectivity index (χ4v) is 4.76. The molecule has 5 aromatic rings. The molecule has 1 saturated heterocycles. The third-order valence-electron chi connectivity index (χ3n) is 6.75. The third-order valence-corrected chi connectivity index (χ3v) is 6.75. The summed E-state index contributed by atoms with van der Waals surface area (Å²) in [6.45, 7) is 3.75. The first-order chi connectivity index (χ1) is 18.1. The number of aromatic amines is 1. The Labute approximate surface area is 215 Å². The van der Waals surface area contributed by atoms with Gasteiger partial charge in [-0.3, -0.25) is 9.97 Å². The first kappa shape index (κ1) is 23.1. The molecule has 2 N–H and O–H groups in total. The Morgan fingerprint density at radius 2 is 1.70 bits per heavy atom. The van der Waals surface area contributed by atoms with Crippen LogP contribution in [0.3, 0.4) is 0 Å². The number of H-pyrrole nitrogens is 1. The van der Waals surface area contributed by atoms with Crippen molar-refractivity contribution in [2.45, 2.75) is 25.9 Å². The predicted octanol–water partition coefficient (Wildman–Crippen LogP) is 5.57. The van der Waals surface area contributed by atoms with E-state index in [4.69, 9.17) is 4.74 Å². The summed E-state index contributed by atoms with van der Waals surface area (Å²) in [5.74, 6) is -0.266. The molecule has 0 saturated carbocycles. The van der Waals surface area contributed by atoms with Crippen molar-refractivity contribution in [3.63, 3.8) is 0 Å². The highest BCUT2D eigenvalue weighted by Gasteiger charge is 2.18. The smallest absolute Gasteiger partial charge is 0.338 e. The van der Waals surface area contributed by atoms with Gasteiger partial charge in [0.1, 0.15) is 6.10 Å². The van der Waals surface area contributed by atoms with E-state index in [1.165, 1.54) is 0 Å². The van der Waals surface area contributed by atoms with Crippen molar-refractivity contribution in [2.75, 3.05) is 13.1 Å². The number of hydrogen-bond acceptors (Lipinski definition) is 6. The zero-order valence-electron chi connectivity index (χ0n) is 20.6.